The number of aryl methyl sites for hydroxylation is 1. The predicted molar refractivity (Wildman–Crippen MR) is 39.3 cm³/mol. The quantitative estimate of drug-likeness (QED) is 0.600. The average molecular weight is 166 g/mol. The van der Waals surface area contributed by atoms with E-state index in [2.05, 4.69) is 5.10 Å². The highest BCUT2D eigenvalue weighted by molar-refractivity contribution is 4.72. The van der Waals surface area contributed by atoms with Gasteiger partial charge in [-0.25, -0.2) is 9.48 Å². The summed E-state index contributed by atoms with van der Waals surface area (Å²) in [5.41, 5.74) is -1.12. The van der Waals surface area contributed by atoms with Crippen molar-refractivity contribution in [3.8, 4) is 6.07 Å². The molecule has 1 heterocycles. The standard InChI is InChI=1S/C6H6N4O2/c7-2-1-3-10-6(12)9-5(11)4-8-10/h4H,1,3H2,(H,9,11,12). The van der Waals surface area contributed by atoms with Crippen LogP contribution in [0.25, 0.3) is 0 Å². The molecule has 0 unspecified atom stereocenters. The zero-order valence-corrected chi connectivity index (χ0v) is 6.15. The van der Waals surface area contributed by atoms with Crippen molar-refractivity contribution >= 4 is 0 Å². The van der Waals surface area contributed by atoms with Crippen LogP contribution in [0.4, 0.5) is 0 Å². The summed E-state index contributed by atoms with van der Waals surface area (Å²) in [6.45, 7) is 0.201. The van der Waals surface area contributed by atoms with Crippen LogP contribution < -0.4 is 11.2 Å². The Labute approximate surface area is 67.1 Å². The highest BCUT2D eigenvalue weighted by atomic mass is 16.2. The SMILES string of the molecule is N#CCCn1ncc(=O)[nH]c1=O. The van der Waals surface area contributed by atoms with Gasteiger partial charge in [-0.1, -0.05) is 0 Å². The number of aromatic amines is 1. The Hall–Kier alpha value is -1.90. The third kappa shape index (κ3) is 1.79. The minimum Gasteiger partial charge on any atom is -0.271 e. The summed E-state index contributed by atoms with van der Waals surface area (Å²) in [6, 6.07) is 1.87. The van der Waals surface area contributed by atoms with Gasteiger partial charge in [-0.3, -0.25) is 9.78 Å². The van der Waals surface area contributed by atoms with E-state index in [4.69, 9.17) is 5.26 Å². The molecular weight excluding hydrogens is 160 g/mol. The molecule has 6 nitrogen and oxygen atoms in total. The number of rotatable bonds is 2. The lowest BCUT2D eigenvalue weighted by atomic mass is 10.5. The first-order valence-corrected chi connectivity index (χ1v) is 3.27. The summed E-state index contributed by atoms with van der Waals surface area (Å²) in [7, 11) is 0. The molecule has 0 saturated carbocycles. The van der Waals surface area contributed by atoms with E-state index in [-0.39, 0.29) is 13.0 Å². The van der Waals surface area contributed by atoms with E-state index in [1.165, 1.54) is 0 Å². The fraction of sp³-hybridized carbons (Fsp3) is 0.333. The van der Waals surface area contributed by atoms with Gasteiger partial charge in [0.05, 0.1) is 19.0 Å². The first-order chi connectivity index (χ1) is 5.74. The molecule has 12 heavy (non-hydrogen) atoms. The first-order valence-electron chi connectivity index (χ1n) is 3.27. The Morgan fingerprint density at radius 1 is 1.67 bits per heavy atom. The third-order valence-corrected chi connectivity index (χ3v) is 1.21. The van der Waals surface area contributed by atoms with E-state index in [9.17, 15) is 9.59 Å². The van der Waals surface area contributed by atoms with Crippen molar-refractivity contribution in [2.24, 2.45) is 0 Å². The summed E-state index contributed by atoms with van der Waals surface area (Å²) < 4.78 is 1.03. The Morgan fingerprint density at radius 2 is 2.42 bits per heavy atom. The van der Waals surface area contributed by atoms with Crippen LogP contribution in [0.5, 0.6) is 0 Å². The number of nitriles is 1. The van der Waals surface area contributed by atoms with Gasteiger partial charge in [-0.15, -0.1) is 0 Å². The predicted octanol–water partition coefficient (Wildman–Crippen LogP) is -1.15. The van der Waals surface area contributed by atoms with Crippen LogP contribution in [0.15, 0.2) is 15.8 Å². The van der Waals surface area contributed by atoms with Crippen LogP contribution in [0, 0.1) is 11.3 Å². The summed E-state index contributed by atoms with van der Waals surface area (Å²) in [5, 5.41) is 11.7. The van der Waals surface area contributed by atoms with Crippen molar-refractivity contribution in [2.45, 2.75) is 13.0 Å². The Balaban J connectivity index is 2.96. The maximum absolute atomic E-state index is 10.9. The first kappa shape index (κ1) is 8.20. The molecule has 0 atom stereocenters. The van der Waals surface area contributed by atoms with Crippen LogP contribution in [-0.2, 0) is 6.54 Å². The van der Waals surface area contributed by atoms with Crippen molar-refractivity contribution in [1.29, 1.82) is 5.26 Å². The highest BCUT2D eigenvalue weighted by Gasteiger charge is 1.95. The van der Waals surface area contributed by atoms with Gasteiger partial charge in [0.2, 0.25) is 0 Å². The molecule has 0 radical (unpaired) electrons. The van der Waals surface area contributed by atoms with E-state index in [1.807, 2.05) is 11.1 Å². The molecule has 6 heteroatoms. The number of H-pyrrole nitrogens is 1. The second kappa shape index (κ2) is 3.48. The van der Waals surface area contributed by atoms with Gasteiger partial charge in [-0.2, -0.15) is 10.4 Å². The van der Waals surface area contributed by atoms with Crippen molar-refractivity contribution in [1.82, 2.24) is 14.8 Å². The van der Waals surface area contributed by atoms with Crippen LogP contribution >= 0.6 is 0 Å². The Kier molecular flexibility index (Phi) is 2.38. The molecule has 0 amide bonds. The second-order valence-corrected chi connectivity index (χ2v) is 2.07. The normalized spacial score (nSPS) is 9.25. The number of hydrogen-bond donors (Lipinski definition) is 1. The maximum atomic E-state index is 10.9. The molecule has 1 rings (SSSR count). The number of nitrogens with one attached hydrogen (secondary N) is 1. The van der Waals surface area contributed by atoms with Gasteiger partial charge in [-0.05, 0) is 0 Å². The molecule has 0 fully saturated rings. The maximum Gasteiger partial charge on any atom is 0.344 e. The molecule has 0 saturated heterocycles. The summed E-state index contributed by atoms with van der Waals surface area (Å²) in [5.74, 6) is 0. The van der Waals surface area contributed by atoms with E-state index in [0.717, 1.165) is 10.9 Å². The van der Waals surface area contributed by atoms with Gasteiger partial charge < -0.3 is 0 Å². The van der Waals surface area contributed by atoms with E-state index in [1.54, 1.807) is 0 Å². The molecule has 0 bridgehead atoms. The minimum absolute atomic E-state index is 0.193. The van der Waals surface area contributed by atoms with Crippen LogP contribution in [0.2, 0.25) is 0 Å². The topological polar surface area (TPSA) is 91.5 Å². The second-order valence-electron chi connectivity index (χ2n) is 2.07. The van der Waals surface area contributed by atoms with E-state index < -0.39 is 11.2 Å². The lowest BCUT2D eigenvalue weighted by molar-refractivity contribution is 0.564. The van der Waals surface area contributed by atoms with Gasteiger partial charge in [0.25, 0.3) is 5.56 Å². The molecule has 0 aromatic carbocycles. The molecule has 0 aliphatic heterocycles. The number of nitrogens with zero attached hydrogens (tertiary/aromatic N) is 3. The van der Waals surface area contributed by atoms with Crippen molar-refractivity contribution in [3.05, 3.63) is 27.0 Å². The van der Waals surface area contributed by atoms with Crippen molar-refractivity contribution in [3.63, 3.8) is 0 Å². The summed E-state index contributed by atoms with van der Waals surface area (Å²) in [4.78, 5) is 23.4. The molecule has 1 aromatic rings. The Bertz CT molecular complexity index is 411. The number of hydrogen-bond acceptors (Lipinski definition) is 4. The smallest absolute Gasteiger partial charge is 0.271 e. The van der Waals surface area contributed by atoms with Crippen molar-refractivity contribution in [2.75, 3.05) is 0 Å². The van der Waals surface area contributed by atoms with Crippen molar-refractivity contribution < 1.29 is 0 Å². The lowest BCUT2D eigenvalue weighted by Crippen LogP contribution is -2.31. The average Bonchev–Trinajstić information content (AvgIpc) is 2.03. The van der Waals surface area contributed by atoms with Gasteiger partial charge >= 0.3 is 5.69 Å². The van der Waals surface area contributed by atoms with Crippen LogP contribution in [0.1, 0.15) is 6.42 Å². The third-order valence-electron chi connectivity index (χ3n) is 1.21. The van der Waals surface area contributed by atoms with E-state index in [0.29, 0.717) is 0 Å². The van der Waals surface area contributed by atoms with Gasteiger partial charge in [0.1, 0.15) is 6.20 Å². The molecule has 0 aliphatic rings. The summed E-state index contributed by atoms with van der Waals surface area (Å²) >= 11 is 0. The molecule has 0 aliphatic carbocycles. The largest absolute Gasteiger partial charge is 0.344 e. The number of aromatic nitrogens is 3. The van der Waals surface area contributed by atoms with Crippen LogP contribution in [-0.4, -0.2) is 14.8 Å². The highest BCUT2D eigenvalue weighted by Crippen LogP contribution is 1.77. The molecule has 1 aromatic heterocycles. The summed E-state index contributed by atoms with van der Waals surface area (Å²) in [6.07, 6.45) is 1.19. The molecule has 62 valence electrons. The molecule has 1 N–H and O–H groups in total. The molecule has 0 spiro atoms. The fourth-order valence-corrected chi connectivity index (χ4v) is 0.692. The van der Waals surface area contributed by atoms with Gasteiger partial charge in [0, 0.05) is 0 Å². The monoisotopic (exact) mass is 166 g/mol. The lowest BCUT2D eigenvalue weighted by Gasteiger charge is -1.96. The van der Waals surface area contributed by atoms with Gasteiger partial charge in [0.15, 0.2) is 0 Å². The zero-order chi connectivity index (χ0) is 8.97. The molecular formula is C6H6N4O2. The minimum atomic E-state index is -0.585. The van der Waals surface area contributed by atoms with E-state index >= 15 is 0 Å². The van der Waals surface area contributed by atoms with Crippen LogP contribution in [0.3, 0.4) is 0 Å². The zero-order valence-electron chi connectivity index (χ0n) is 6.15. The Morgan fingerprint density at radius 3 is 3.00 bits per heavy atom. The fourth-order valence-electron chi connectivity index (χ4n) is 0.692.